The normalized spacial score (nSPS) is 11.8. The Labute approximate surface area is 126 Å². The van der Waals surface area contributed by atoms with Crippen molar-refractivity contribution in [1.82, 2.24) is 0 Å². The van der Waals surface area contributed by atoms with E-state index in [2.05, 4.69) is 20.7 Å². The number of carboxylic acids is 1. The number of halogens is 1. The van der Waals surface area contributed by atoms with Crippen molar-refractivity contribution >= 4 is 38.6 Å². The number of anilines is 1. The van der Waals surface area contributed by atoms with Crippen LogP contribution in [0.5, 0.6) is 5.75 Å². The maximum atomic E-state index is 12.1. The number of carbonyl (C=O) groups is 1. The van der Waals surface area contributed by atoms with Crippen molar-refractivity contribution in [1.29, 1.82) is 0 Å². The first kappa shape index (κ1) is 14.5. The molecule has 3 N–H and O–H groups in total. The number of aromatic hydroxyl groups is 1. The van der Waals surface area contributed by atoms with Crippen molar-refractivity contribution in [3.8, 4) is 5.75 Å². The summed E-state index contributed by atoms with van der Waals surface area (Å²) in [7, 11) is -1.51. The first-order chi connectivity index (χ1) is 9.47. The Morgan fingerprint density at radius 3 is 2.55 bits per heavy atom. The lowest BCUT2D eigenvalue weighted by molar-refractivity contribution is 0.0694. The molecule has 0 aliphatic heterocycles. The van der Waals surface area contributed by atoms with Crippen LogP contribution in [0.2, 0.25) is 0 Å². The van der Waals surface area contributed by atoms with Crippen LogP contribution in [0.3, 0.4) is 0 Å². The summed E-state index contributed by atoms with van der Waals surface area (Å²) in [6, 6.07) is 10.9. The molecule has 5 nitrogen and oxygen atoms in total. The first-order valence-electron chi connectivity index (χ1n) is 5.47. The lowest BCUT2D eigenvalue weighted by Gasteiger charge is -2.08. The fourth-order valence-corrected chi connectivity index (χ4v) is 2.97. The zero-order chi connectivity index (χ0) is 14.7. The van der Waals surface area contributed by atoms with Gasteiger partial charge in [0.15, 0.2) is 0 Å². The predicted molar refractivity (Wildman–Crippen MR) is 79.2 cm³/mol. The average molecular weight is 356 g/mol. The smallest absolute Gasteiger partial charge is 0.339 e. The molecule has 0 radical (unpaired) electrons. The van der Waals surface area contributed by atoms with E-state index in [4.69, 9.17) is 5.11 Å². The molecular formula is C13H10BrNO4S. The van der Waals surface area contributed by atoms with Crippen molar-refractivity contribution in [2.75, 3.05) is 4.72 Å². The summed E-state index contributed by atoms with van der Waals surface area (Å²) in [5.74, 6) is -1.60. The number of benzene rings is 2. The number of nitrogens with one attached hydrogen (secondary N) is 1. The molecule has 1 unspecified atom stereocenters. The molecule has 104 valence electrons. The largest absolute Gasteiger partial charge is 0.507 e. The van der Waals surface area contributed by atoms with Gasteiger partial charge in [-0.3, -0.25) is 0 Å². The Balaban J connectivity index is 2.20. The van der Waals surface area contributed by atoms with Gasteiger partial charge in [-0.25, -0.2) is 9.00 Å². The lowest BCUT2D eigenvalue weighted by Crippen LogP contribution is -2.05. The van der Waals surface area contributed by atoms with Crippen LogP contribution in [-0.2, 0) is 11.0 Å². The van der Waals surface area contributed by atoms with Crippen LogP contribution in [0.25, 0.3) is 0 Å². The Morgan fingerprint density at radius 1 is 1.20 bits per heavy atom. The van der Waals surface area contributed by atoms with Crippen LogP contribution < -0.4 is 4.72 Å². The Hall–Kier alpha value is -1.86. The third kappa shape index (κ3) is 3.37. The summed E-state index contributed by atoms with van der Waals surface area (Å²) in [6.07, 6.45) is 0. The predicted octanol–water partition coefficient (Wildman–Crippen LogP) is 2.99. The molecule has 0 saturated carbocycles. The quantitative estimate of drug-likeness (QED) is 0.786. The topological polar surface area (TPSA) is 86.6 Å². The zero-order valence-electron chi connectivity index (χ0n) is 10.0. The molecule has 0 amide bonds. The highest BCUT2D eigenvalue weighted by molar-refractivity contribution is 9.10. The molecule has 2 aromatic carbocycles. The van der Waals surface area contributed by atoms with E-state index < -0.39 is 17.0 Å². The van der Waals surface area contributed by atoms with Gasteiger partial charge in [0.2, 0.25) is 0 Å². The van der Waals surface area contributed by atoms with Crippen LogP contribution in [0.4, 0.5) is 5.69 Å². The van der Waals surface area contributed by atoms with Crippen molar-refractivity contribution in [2.24, 2.45) is 0 Å². The van der Waals surface area contributed by atoms with E-state index in [9.17, 15) is 14.1 Å². The minimum Gasteiger partial charge on any atom is -0.507 e. The van der Waals surface area contributed by atoms with E-state index in [0.717, 1.165) is 4.47 Å². The van der Waals surface area contributed by atoms with Gasteiger partial charge in [-0.2, -0.15) is 0 Å². The maximum absolute atomic E-state index is 12.1. The van der Waals surface area contributed by atoms with Gasteiger partial charge >= 0.3 is 5.97 Å². The molecular weight excluding hydrogens is 346 g/mol. The van der Waals surface area contributed by atoms with Crippen molar-refractivity contribution in [2.45, 2.75) is 4.90 Å². The minimum atomic E-state index is -1.51. The summed E-state index contributed by atoms with van der Waals surface area (Å²) in [5, 5.41) is 18.4. The number of aromatic carboxylic acids is 1. The van der Waals surface area contributed by atoms with E-state index >= 15 is 0 Å². The minimum absolute atomic E-state index is 0.205. The van der Waals surface area contributed by atoms with Gasteiger partial charge in [-0.05, 0) is 30.3 Å². The maximum Gasteiger partial charge on any atom is 0.339 e. The molecule has 0 fully saturated rings. The van der Waals surface area contributed by atoms with Gasteiger partial charge in [0.25, 0.3) is 0 Å². The fraction of sp³-hybridized carbons (Fsp3) is 0. The van der Waals surface area contributed by atoms with E-state index in [1.807, 2.05) is 6.07 Å². The van der Waals surface area contributed by atoms with E-state index in [0.29, 0.717) is 10.6 Å². The molecule has 0 saturated heterocycles. The highest BCUT2D eigenvalue weighted by atomic mass is 79.9. The SMILES string of the molecule is O=C(O)c1ccc(NS(=O)c2cccc(Br)c2)cc1O. The van der Waals surface area contributed by atoms with Gasteiger partial charge in [-0.1, -0.05) is 22.0 Å². The highest BCUT2D eigenvalue weighted by Crippen LogP contribution is 2.23. The molecule has 0 aromatic heterocycles. The number of hydrogen-bond donors (Lipinski definition) is 3. The van der Waals surface area contributed by atoms with Crippen LogP contribution >= 0.6 is 15.9 Å². The second-order valence-corrected chi connectivity index (χ2v) is 5.99. The van der Waals surface area contributed by atoms with Crippen LogP contribution in [0.1, 0.15) is 10.4 Å². The van der Waals surface area contributed by atoms with Gasteiger partial charge < -0.3 is 14.9 Å². The van der Waals surface area contributed by atoms with Gasteiger partial charge in [-0.15, -0.1) is 0 Å². The molecule has 0 bridgehead atoms. The summed E-state index contributed by atoms with van der Waals surface area (Å²) >= 11 is 3.29. The van der Waals surface area contributed by atoms with Crippen LogP contribution in [-0.4, -0.2) is 20.4 Å². The molecule has 0 aliphatic rings. The van der Waals surface area contributed by atoms with Gasteiger partial charge in [0.1, 0.15) is 22.3 Å². The summed E-state index contributed by atoms with van der Waals surface area (Å²) in [6.45, 7) is 0. The lowest BCUT2D eigenvalue weighted by atomic mass is 10.2. The van der Waals surface area contributed by atoms with Gasteiger partial charge in [0.05, 0.1) is 10.6 Å². The average Bonchev–Trinajstić information content (AvgIpc) is 2.38. The summed E-state index contributed by atoms with van der Waals surface area (Å²) in [4.78, 5) is 11.3. The second kappa shape index (κ2) is 6.06. The van der Waals surface area contributed by atoms with E-state index in [1.165, 1.54) is 18.2 Å². The standard InChI is InChI=1S/C13H10BrNO4S/c14-8-2-1-3-10(6-8)20(19)15-9-4-5-11(13(17)18)12(16)7-9/h1-7,15-16H,(H,17,18). The van der Waals surface area contributed by atoms with Crippen molar-refractivity contribution < 1.29 is 19.2 Å². The molecule has 0 aliphatic carbocycles. The Morgan fingerprint density at radius 2 is 1.95 bits per heavy atom. The van der Waals surface area contributed by atoms with E-state index in [1.54, 1.807) is 18.2 Å². The zero-order valence-corrected chi connectivity index (χ0v) is 12.4. The fourth-order valence-electron chi connectivity index (χ4n) is 1.52. The molecule has 7 heteroatoms. The third-order valence-corrected chi connectivity index (χ3v) is 4.05. The number of phenols is 1. The van der Waals surface area contributed by atoms with Crippen LogP contribution in [0, 0.1) is 0 Å². The second-order valence-electron chi connectivity index (χ2n) is 3.87. The van der Waals surface area contributed by atoms with Crippen molar-refractivity contribution in [3.63, 3.8) is 0 Å². The van der Waals surface area contributed by atoms with Crippen molar-refractivity contribution in [3.05, 3.63) is 52.5 Å². The molecule has 2 aromatic rings. The van der Waals surface area contributed by atoms with Gasteiger partial charge in [0, 0.05) is 10.5 Å². The molecule has 1 atom stereocenters. The number of carboxylic acid groups (broad SMARTS) is 1. The van der Waals surface area contributed by atoms with E-state index in [-0.39, 0.29) is 11.3 Å². The monoisotopic (exact) mass is 355 g/mol. The molecule has 20 heavy (non-hydrogen) atoms. The number of hydrogen-bond acceptors (Lipinski definition) is 3. The third-order valence-electron chi connectivity index (χ3n) is 2.45. The highest BCUT2D eigenvalue weighted by Gasteiger charge is 2.11. The number of rotatable bonds is 4. The molecule has 0 spiro atoms. The Kier molecular flexibility index (Phi) is 4.41. The summed E-state index contributed by atoms with van der Waals surface area (Å²) in [5.41, 5.74) is 0.162. The summed E-state index contributed by atoms with van der Waals surface area (Å²) < 4.78 is 15.6. The van der Waals surface area contributed by atoms with Crippen LogP contribution in [0.15, 0.2) is 51.8 Å². The Bertz CT molecular complexity index is 690. The molecule has 2 rings (SSSR count). The first-order valence-corrected chi connectivity index (χ1v) is 7.42. The molecule has 0 heterocycles.